The fourth-order valence-corrected chi connectivity index (χ4v) is 4.74. The van der Waals surface area contributed by atoms with Gasteiger partial charge in [-0.3, -0.25) is 14.2 Å². The van der Waals surface area contributed by atoms with Gasteiger partial charge in [0.25, 0.3) is 11.5 Å². The van der Waals surface area contributed by atoms with Gasteiger partial charge in [-0.05, 0) is 69.0 Å². The minimum atomic E-state index is -0.234. The molecule has 0 bridgehead atoms. The van der Waals surface area contributed by atoms with Crippen LogP contribution >= 0.6 is 0 Å². The summed E-state index contributed by atoms with van der Waals surface area (Å²) in [5.41, 5.74) is 0.900. The van der Waals surface area contributed by atoms with Gasteiger partial charge in [0.2, 0.25) is 0 Å². The second kappa shape index (κ2) is 10.2. The molecule has 1 amide bonds. The molecule has 2 aromatic carbocycles. The van der Waals surface area contributed by atoms with E-state index in [-0.39, 0.29) is 17.5 Å². The normalized spacial score (nSPS) is 15.9. The van der Waals surface area contributed by atoms with Crippen LogP contribution in [0, 0.1) is 0 Å². The Balaban J connectivity index is 1.94. The van der Waals surface area contributed by atoms with E-state index in [9.17, 15) is 9.59 Å². The minimum Gasteiger partial charge on any atom is -0.494 e. The van der Waals surface area contributed by atoms with E-state index in [1.807, 2.05) is 36.1 Å². The Labute approximate surface area is 199 Å². The van der Waals surface area contributed by atoms with Gasteiger partial charge in [-0.1, -0.05) is 6.92 Å². The van der Waals surface area contributed by atoms with Crippen molar-refractivity contribution in [3.8, 4) is 22.9 Å². The van der Waals surface area contributed by atoms with E-state index in [0.29, 0.717) is 46.7 Å². The smallest absolute Gasteiger partial charge is 0.263 e. The van der Waals surface area contributed by atoms with Crippen molar-refractivity contribution < 1.29 is 19.0 Å². The van der Waals surface area contributed by atoms with E-state index < -0.39 is 0 Å². The van der Waals surface area contributed by atoms with Crippen molar-refractivity contribution in [2.24, 2.45) is 0 Å². The molecule has 1 aromatic heterocycles. The molecule has 1 atom stereocenters. The molecule has 0 radical (unpaired) electrons. The zero-order valence-electron chi connectivity index (χ0n) is 20.3. The number of hydrogen-bond acceptors (Lipinski definition) is 5. The third kappa shape index (κ3) is 4.34. The molecule has 0 spiro atoms. The van der Waals surface area contributed by atoms with Gasteiger partial charge in [0.05, 0.1) is 31.8 Å². The number of benzene rings is 2. The first-order valence-electron chi connectivity index (χ1n) is 11.9. The van der Waals surface area contributed by atoms with Crippen molar-refractivity contribution >= 4 is 16.7 Å². The highest BCUT2D eigenvalue weighted by Crippen LogP contribution is 2.34. The molecule has 0 unspecified atom stereocenters. The fraction of sp³-hybridized carbons (Fsp3) is 0.407. The number of nitrogens with zero attached hydrogens (tertiary/aromatic N) is 2. The Hall–Kier alpha value is -3.48. The van der Waals surface area contributed by atoms with Crippen LogP contribution in [0.15, 0.2) is 47.4 Å². The molecular weight excluding hydrogens is 432 g/mol. The van der Waals surface area contributed by atoms with Crippen molar-refractivity contribution in [3.63, 3.8) is 0 Å². The number of amides is 1. The predicted molar refractivity (Wildman–Crippen MR) is 133 cm³/mol. The fourth-order valence-electron chi connectivity index (χ4n) is 4.74. The third-order valence-corrected chi connectivity index (χ3v) is 6.54. The summed E-state index contributed by atoms with van der Waals surface area (Å²) < 4.78 is 18.0. The highest BCUT2D eigenvalue weighted by molar-refractivity contribution is 6.07. The number of rotatable bonds is 7. The topological polar surface area (TPSA) is 70.0 Å². The molecule has 7 heteroatoms. The van der Waals surface area contributed by atoms with Crippen LogP contribution in [0.5, 0.6) is 17.2 Å². The summed E-state index contributed by atoms with van der Waals surface area (Å²) in [6.07, 6.45) is 5.67. The maximum atomic E-state index is 13.9. The van der Waals surface area contributed by atoms with Crippen molar-refractivity contribution in [2.45, 2.75) is 45.6 Å². The van der Waals surface area contributed by atoms with Crippen LogP contribution in [0.2, 0.25) is 0 Å². The molecule has 1 aliphatic rings. The average Bonchev–Trinajstić information content (AvgIpc) is 2.88. The van der Waals surface area contributed by atoms with Gasteiger partial charge in [-0.15, -0.1) is 0 Å². The van der Waals surface area contributed by atoms with Crippen LogP contribution in [0.4, 0.5) is 0 Å². The molecule has 34 heavy (non-hydrogen) atoms. The first-order chi connectivity index (χ1) is 16.5. The highest BCUT2D eigenvalue weighted by atomic mass is 16.5. The SMILES string of the molecule is CCOc1ccc(-n2cc(C(=O)N3CCCC[C@@H]3CC)c3cc(OC)c(OC)cc3c2=O)cc1. The molecule has 1 fully saturated rings. The summed E-state index contributed by atoms with van der Waals surface area (Å²) in [5.74, 6) is 1.58. The molecule has 1 aliphatic heterocycles. The van der Waals surface area contributed by atoms with Crippen molar-refractivity contribution in [1.82, 2.24) is 9.47 Å². The summed E-state index contributed by atoms with van der Waals surface area (Å²) in [4.78, 5) is 29.4. The minimum absolute atomic E-state index is 0.0662. The van der Waals surface area contributed by atoms with Gasteiger partial charge < -0.3 is 19.1 Å². The second-order valence-electron chi connectivity index (χ2n) is 8.45. The number of fused-ring (bicyclic) bond motifs is 1. The molecule has 180 valence electrons. The van der Waals surface area contributed by atoms with E-state index in [4.69, 9.17) is 14.2 Å². The molecular formula is C27H32N2O5. The first-order valence-corrected chi connectivity index (χ1v) is 11.9. The zero-order valence-corrected chi connectivity index (χ0v) is 20.3. The Kier molecular flexibility index (Phi) is 7.10. The third-order valence-electron chi connectivity index (χ3n) is 6.54. The number of piperidine rings is 1. The van der Waals surface area contributed by atoms with Crippen LogP contribution in [-0.2, 0) is 0 Å². The van der Waals surface area contributed by atoms with Crippen LogP contribution in [0.1, 0.15) is 49.9 Å². The Morgan fingerprint density at radius 3 is 2.29 bits per heavy atom. The van der Waals surface area contributed by atoms with E-state index in [1.54, 1.807) is 25.4 Å². The lowest BCUT2D eigenvalue weighted by atomic mass is 9.97. The lowest BCUT2D eigenvalue weighted by Crippen LogP contribution is -2.43. The van der Waals surface area contributed by atoms with Gasteiger partial charge >= 0.3 is 0 Å². The Morgan fingerprint density at radius 2 is 1.68 bits per heavy atom. The molecule has 1 saturated heterocycles. The van der Waals surface area contributed by atoms with Crippen LogP contribution in [0.3, 0.4) is 0 Å². The number of carbonyl (C=O) groups is 1. The summed E-state index contributed by atoms with van der Waals surface area (Å²) in [6, 6.07) is 10.9. The van der Waals surface area contributed by atoms with Crippen LogP contribution in [0.25, 0.3) is 16.5 Å². The van der Waals surface area contributed by atoms with Gasteiger partial charge in [0, 0.05) is 29.9 Å². The number of carbonyl (C=O) groups excluding carboxylic acids is 1. The molecule has 0 aliphatic carbocycles. The highest BCUT2D eigenvalue weighted by Gasteiger charge is 2.29. The zero-order chi connectivity index (χ0) is 24.2. The van der Waals surface area contributed by atoms with E-state index in [2.05, 4.69) is 6.92 Å². The van der Waals surface area contributed by atoms with E-state index in [0.717, 1.165) is 31.4 Å². The largest absolute Gasteiger partial charge is 0.494 e. The van der Waals surface area contributed by atoms with Crippen LogP contribution in [-0.4, -0.2) is 48.8 Å². The number of pyridine rings is 1. The number of aromatic nitrogens is 1. The maximum Gasteiger partial charge on any atom is 0.263 e. The Morgan fingerprint density at radius 1 is 1.00 bits per heavy atom. The quantitative estimate of drug-likeness (QED) is 0.502. The molecule has 0 saturated carbocycles. The summed E-state index contributed by atoms with van der Waals surface area (Å²) in [7, 11) is 3.08. The monoisotopic (exact) mass is 464 g/mol. The van der Waals surface area contributed by atoms with Crippen molar-refractivity contribution in [1.29, 1.82) is 0 Å². The van der Waals surface area contributed by atoms with Gasteiger partial charge in [0.15, 0.2) is 11.5 Å². The molecule has 7 nitrogen and oxygen atoms in total. The molecule has 0 N–H and O–H groups in total. The summed E-state index contributed by atoms with van der Waals surface area (Å²) >= 11 is 0. The molecule has 3 aromatic rings. The lowest BCUT2D eigenvalue weighted by molar-refractivity contribution is 0.0609. The van der Waals surface area contributed by atoms with Crippen molar-refractivity contribution in [2.75, 3.05) is 27.4 Å². The van der Waals surface area contributed by atoms with Crippen LogP contribution < -0.4 is 19.8 Å². The number of likely N-dealkylation sites (tertiary alicyclic amines) is 1. The average molecular weight is 465 g/mol. The second-order valence-corrected chi connectivity index (χ2v) is 8.45. The molecule has 4 rings (SSSR count). The lowest BCUT2D eigenvalue weighted by Gasteiger charge is -2.35. The van der Waals surface area contributed by atoms with Gasteiger partial charge in [-0.25, -0.2) is 0 Å². The number of hydrogen-bond donors (Lipinski definition) is 0. The van der Waals surface area contributed by atoms with Gasteiger partial charge in [-0.2, -0.15) is 0 Å². The summed E-state index contributed by atoms with van der Waals surface area (Å²) in [5, 5.41) is 0.970. The van der Waals surface area contributed by atoms with Crippen molar-refractivity contribution in [3.05, 3.63) is 58.5 Å². The first kappa shape index (κ1) is 23.7. The maximum absolute atomic E-state index is 13.9. The van der Waals surface area contributed by atoms with Gasteiger partial charge in [0.1, 0.15) is 5.75 Å². The predicted octanol–water partition coefficient (Wildman–Crippen LogP) is 4.81. The summed E-state index contributed by atoms with van der Waals surface area (Å²) in [6.45, 7) is 5.31. The van der Waals surface area contributed by atoms with E-state index >= 15 is 0 Å². The molecule has 2 heterocycles. The number of ether oxygens (including phenoxy) is 3. The Bertz CT molecular complexity index is 1230. The number of methoxy groups -OCH3 is 2. The standard InChI is InChI=1S/C27H32N2O5/c1-5-18-9-7-8-14-28(18)27(31)23-17-29(19-10-12-20(13-11-19)34-6-2)26(30)22-16-25(33-4)24(32-3)15-21(22)23/h10-13,15-18H,5-9,14H2,1-4H3/t18-/m0/s1. The van der Waals surface area contributed by atoms with E-state index in [1.165, 1.54) is 11.7 Å².